The lowest BCUT2D eigenvalue weighted by molar-refractivity contribution is -0.138. The molecule has 6 rings (SSSR count). The van der Waals surface area contributed by atoms with Gasteiger partial charge in [0.2, 0.25) is 0 Å². The summed E-state index contributed by atoms with van der Waals surface area (Å²) in [6.45, 7) is 6.32. The average Bonchev–Trinajstić information content (AvgIpc) is 3.29. The molecule has 1 atom stereocenters. The lowest BCUT2D eigenvalue weighted by atomic mass is 9.91. The van der Waals surface area contributed by atoms with E-state index in [1.54, 1.807) is 51.0 Å². The number of hydrogen-bond acceptors (Lipinski definition) is 11. The molecule has 0 spiro atoms. The maximum absolute atomic E-state index is 17.1. The van der Waals surface area contributed by atoms with Gasteiger partial charge in [-0.1, -0.05) is 23.9 Å². The van der Waals surface area contributed by atoms with Crippen LogP contribution in [0, 0.1) is 23.0 Å². The number of hydrogen-bond donors (Lipinski definition) is 2. The fourth-order valence-electron chi connectivity index (χ4n) is 5.88. The number of nitrogens with one attached hydrogen (secondary N) is 1. The number of rotatable bonds is 5. The molecule has 10 nitrogen and oxygen atoms in total. The van der Waals surface area contributed by atoms with Gasteiger partial charge in [0.05, 0.1) is 28.2 Å². The molecule has 5 aromatic rings. The van der Waals surface area contributed by atoms with Crippen molar-refractivity contribution in [3.8, 4) is 22.9 Å². The minimum Gasteiger partial charge on any atom is -0.490 e. The minimum atomic E-state index is -5.23. The molecule has 0 radical (unpaired) electrons. The summed E-state index contributed by atoms with van der Waals surface area (Å²) < 4.78 is 89.3. The third-order valence-corrected chi connectivity index (χ3v) is 9.55. The number of nitrogens with two attached hydrogens (primary N) is 1. The maximum Gasteiger partial charge on any atom is 0.420 e. The van der Waals surface area contributed by atoms with Crippen molar-refractivity contribution in [2.75, 3.05) is 35.4 Å². The van der Waals surface area contributed by atoms with E-state index in [4.69, 9.17) is 15.2 Å². The van der Waals surface area contributed by atoms with E-state index in [1.807, 2.05) is 6.07 Å². The van der Waals surface area contributed by atoms with E-state index in [0.717, 1.165) is 23.9 Å². The number of pyridine rings is 1. The number of thiophene rings is 1. The third kappa shape index (κ3) is 6.06. The highest BCUT2D eigenvalue weighted by atomic mass is 32.2. The standard InChI is InChI=1S/C33H28F5N7O3S2/c1-14(15-7-6-10-41-27(15)40)45-11-12-47-25-21-24(42-30(49-5)43-28(21)45)23(35)20(22(25)33(36,37)38)16-8-9-18(34)26-19(16)17(13-39)29(50-26)44-31(46)48-32(2,3)4/h6-10,14H,11-12H2,1-5H3,(H2,40,41)(H,44,46)/t14-/m1/s1. The van der Waals surface area contributed by atoms with Crippen molar-refractivity contribution in [3.05, 3.63) is 58.8 Å². The topological polar surface area (TPSA) is 139 Å². The van der Waals surface area contributed by atoms with Crippen LogP contribution in [0.5, 0.6) is 5.75 Å². The second-order valence-electron chi connectivity index (χ2n) is 12.2. The summed E-state index contributed by atoms with van der Waals surface area (Å²) in [7, 11) is 0. The maximum atomic E-state index is 17.1. The number of benzene rings is 2. The highest BCUT2D eigenvalue weighted by Crippen LogP contribution is 2.54. The number of ether oxygens (including phenoxy) is 2. The van der Waals surface area contributed by atoms with Crippen LogP contribution in [0.1, 0.15) is 50.4 Å². The number of carbonyl (C=O) groups excluding carboxylic acids is 1. The first-order valence-corrected chi connectivity index (χ1v) is 17.0. The van der Waals surface area contributed by atoms with E-state index in [1.165, 1.54) is 6.20 Å². The quantitative estimate of drug-likeness (QED) is 0.103. The molecule has 0 unspecified atom stereocenters. The van der Waals surface area contributed by atoms with Crippen LogP contribution in [0.3, 0.4) is 0 Å². The number of nitriles is 1. The summed E-state index contributed by atoms with van der Waals surface area (Å²) in [4.78, 5) is 27.2. The van der Waals surface area contributed by atoms with Gasteiger partial charge in [-0.05, 0) is 51.6 Å². The average molecular weight is 730 g/mol. The second-order valence-corrected chi connectivity index (χ2v) is 14.0. The summed E-state index contributed by atoms with van der Waals surface area (Å²) in [5.74, 6) is -2.83. The zero-order valence-electron chi connectivity index (χ0n) is 27.1. The number of carbonyl (C=O) groups is 1. The monoisotopic (exact) mass is 729 g/mol. The molecule has 50 heavy (non-hydrogen) atoms. The Bertz CT molecular complexity index is 2230. The number of nitrogens with zero attached hydrogens (tertiary/aromatic N) is 5. The van der Waals surface area contributed by atoms with Crippen molar-refractivity contribution in [2.45, 2.75) is 50.7 Å². The molecule has 2 aromatic carbocycles. The van der Waals surface area contributed by atoms with Gasteiger partial charge in [-0.25, -0.2) is 28.5 Å². The molecule has 3 aromatic heterocycles. The number of aromatic nitrogens is 3. The predicted octanol–water partition coefficient (Wildman–Crippen LogP) is 8.69. The Kier molecular flexibility index (Phi) is 8.89. The zero-order valence-corrected chi connectivity index (χ0v) is 28.8. The number of thioether (sulfide) groups is 1. The normalized spacial score (nSPS) is 13.9. The lowest BCUT2D eigenvalue weighted by Gasteiger charge is -2.30. The van der Waals surface area contributed by atoms with Gasteiger partial charge in [-0.3, -0.25) is 5.32 Å². The Morgan fingerprint density at radius 1 is 1.20 bits per heavy atom. The molecule has 260 valence electrons. The van der Waals surface area contributed by atoms with Crippen molar-refractivity contribution in [1.82, 2.24) is 15.0 Å². The number of amides is 1. The third-order valence-electron chi connectivity index (χ3n) is 7.89. The van der Waals surface area contributed by atoms with E-state index in [9.17, 15) is 10.1 Å². The molecule has 0 saturated heterocycles. The van der Waals surface area contributed by atoms with Crippen molar-refractivity contribution in [2.24, 2.45) is 0 Å². The number of halogens is 5. The molecule has 0 saturated carbocycles. The van der Waals surface area contributed by atoms with Crippen molar-refractivity contribution < 1.29 is 36.2 Å². The van der Waals surface area contributed by atoms with Crippen LogP contribution in [0.2, 0.25) is 0 Å². The van der Waals surface area contributed by atoms with E-state index in [0.29, 0.717) is 16.9 Å². The van der Waals surface area contributed by atoms with E-state index in [-0.39, 0.29) is 56.0 Å². The molecule has 0 aliphatic carbocycles. The van der Waals surface area contributed by atoms with Crippen LogP contribution >= 0.6 is 23.1 Å². The molecule has 0 fully saturated rings. The van der Waals surface area contributed by atoms with E-state index < -0.39 is 63.5 Å². The number of nitrogen functional groups attached to an aromatic ring is 1. The fraction of sp³-hybridized carbons (Fsp3) is 0.303. The lowest BCUT2D eigenvalue weighted by Crippen LogP contribution is -2.31. The van der Waals surface area contributed by atoms with Crippen LogP contribution in [-0.2, 0) is 10.9 Å². The van der Waals surface area contributed by atoms with E-state index >= 15 is 22.0 Å². The Labute approximate surface area is 290 Å². The molecular formula is C33H28F5N7O3S2. The van der Waals surface area contributed by atoms with Crippen LogP contribution in [0.15, 0.2) is 35.6 Å². The molecule has 17 heteroatoms. The Balaban J connectivity index is 1.68. The largest absolute Gasteiger partial charge is 0.490 e. The Hall–Kier alpha value is -4.95. The van der Waals surface area contributed by atoms with Crippen molar-refractivity contribution in [1.29, 1.82) is 5.26 Å². The minimum absolute atomic E-state index is 0.0140. The summed E-state index contributed by atoms with van der Waals surface area (Å²) in [6.07, 6.45) is -3.08. The highest BCUT2D eigenvalue weighted by Gasteiger charge is 2.44. The molecule has 3 N–H and O–H groups in total. The summed E-state index contributed by atoms with van der Waals surface area (Å²) >= 11 is 1.65. The Morgan fingerprint density at radius 2 is 1.94 bits per heavy atom. The van der Waals surface area contributed by atoms with Gasteiger partial charge in [0, 0.05) is 22.7 Å². The Morgan fingerprint density at radius 3 is 2.58 bits per heavy atom. The first-order valence-electron chi connectivity index (χ1n) is 15.0. The molecule has 4 heterocycles. The fourth-order valence-corrected chi connectivity index (χ4v) is 7.31. The van der Waals surface area contributed by atoms with Crippen LogP contribution in [0.4, 0.5) is 43.4 Å². The number of alkyl halides is 3. The van der Waals surface area contributed by atoms with Gasteiger partial charge < -0.3 is 20.1 Å². The smallest absolute Gasteiger partial charge is 0.420 e. The summed E-state index contributed by atoms with van der Waals surface area (Å²) in [5.41, 5.74) is 1.96. The SMILES string of the molecule is CSc1nc2c3c(c(C(F)(F)F)c(-c4ccc(F)c5sc(NC(=O)OC(C)(C)C)c(C#N)c45)c(F)c3n1)OCCN2[C@H](C)c1cccnc1N. The molecule has 1 aliphatic rings. The molecular weight excluding hydrogens is 702 g/mol. The predicted molar refractivity (Wildman–Crippen MR) is 182 cm³/mol. The van der Waals surface area contributed by atoms with Crippen molar-refractivity contribution >= 4 is 66.8 Å². The van der Waals surface area contributed by atoms with Crippen LogP contribution in [0.25, 0.3) is 32.1 Å². The van der Waals surface area contributed by atoms with E-state index in [2.05, 4.69) is 20.3 Å². The molecule has 1 amide bonds. The number of fused-ring (bicyclic) bond motifs is 1. The van der Waals surface area contributed by atoms with Gasteiger partial charge in [-0.15, -0.1) is 11.3 Å². The molecule has 0 bridgehead atoms. The van der Waals surface area contributed by atoms with Gasteiger partial charge in [-0.2, -0.15) is 18.4 Å². The van der Waals surface area contributed by atoms with Crippen LogP contribution in [-0.4, -0.2) is 46.1 Å². The highest BCUT2D eigenvalue weighted by molar-refractivity contribution is 7.98. The van der Waals surface area contributed by atoms with Gasteiger partial charge in [0.15, 0.2) is 11.0 Å². The second kappa shape index (κ2) is 12.7. The number of anilines is 3. The zero-order chi connectivity index (χ0) is 36.3. The van der Waals surface area contributed by atoms with Gasteiger partial charge in [0.25, 0.3) is 0 Å². The van der Waals surface area contributed by atoms with Gasteiger partial charge >= 0.3 is 12.3 Å². The first kappa shape index (κ1) is 34.9. The van der Waals surface area contributed by atoms with Gasteiger partial charge in [0.1, 0.15) is 57.6 Å². The first-order chi connectivity index (χ1) is 23.6. The van der Waals surface area contributed by atoms with Crippen molar-refractivity contribution in [3.63, 3.8) is 0 Å². The summed E-state index contributed by atoms with van der Waals surface area (Å²) in [5, 5.41) is 11.8. The van der Waals surface area contributed by atoms with Crippen LogP contribution < -0.4 is 20.7 Å². The summed E-state index contributed by atoms with van der Waals surface area (Å²) in [6, 6.07) is 6.48. The molecule has 1 aliphatic heterocycles.